The molecule has 0 saturated heterocycles. The second kappa shape index (κ2) is 11.8. The number of fused-ring (bicyclic) bond motifs is 1. The highest BCUT2D eigenvalue weighted by atomic mass is 35.5. The highest BCUT2D eigenvalue weighted by molar-refractivity contribution is 6.41. The van der Waals surface area contributed by atoms with Crippen LogP contribution in [0.25, 0.3) is 11.6 Å². The number of amides is 2. The van der Waals surface area contributed by atoms with Gasteiger partial charge in [0.1, 0.15) is 5.15 Å². The average molecular weight is 514 g/mol. The van der Waals surface area contributed by atoms with Gasteiger partial charge in [-0.15, -0.1) is 0 Å². The van der Waals surface area contributed by atoms with E-state index in [0.717, 1.165) is 19.6 Å². The number of rotatable bonds is 10. The summed E-state index contributed by atoms with van der Waals surface area (Å²) in [6, 6.07) is 1.66. The minimum absolute atomic E-state index is 0.0503. The molecule has 0 aliphatic carbocycles. The first-order chi connectivity index (χ1) is 17.2. The monoisotopic (exact) mass is 513 g/mol. The van der Waals surface area contributed by atoms with Crippen molar-refractivity contribution in [2.45, 2.75) is 20.8 Å². The fraction of sp³-hybridized carbons (Fsp3) is 0.375. The molecule has 0 aromatic carbocycles. The molecule has 2 aromatic rings. The van der Waals surface area contributed by atoms with Crippen molar-refractivity contribution in [2.75, 3.05) is 50.4 Å². The van der Waals surface area contributed by atoms with Gasteiger partial charge in [-0.25, -0.2) is 4.98 Å². The van der Waals surface area contributed by atoms with E-state index in [2.05, 4.69) is 44.0 Å². The molecule has 0 atom stereocenters. The van der Waals surface area contributed by atoms with Crippen LogP contribution in [0.3, 0.4) is 0 Å². The van der Waals surface area contributed by atoms with Gasteiger partial charge in [0.2, 0.25) is 5.95 Å². The summed E-state index contributed by atoms with van der Waals surface area (Å²) in [4.78, 5) is 44.9. The number of anilines is 2. The molecule has 0 bridgehead atoms. The number of aliphatic imine (C=N–C) groups is 1. The third kappa shape index (κ3) is 6.10. The first-order valence-corrected chi connectivity index (χ1v) is 12.0. The van der Waals surface area contributed by atoms with Crippen LogP contribution in [0.2, 0.25) is 5.15 Å². The van der Waals surface area contributed by atoms with E-state index in [1.54, 1.807) is 38.4 Å². The van der Waals surface area contributed by atoms with Gasteiger partial charge in [0, 0.05) is 43.4 Å². The maximum absolute atomic E-state index is 13.4. The molecule has 1 aliphatic rings. The number of halogens is 1. The molecular weight excluding hydrogens is 482 g/mol. The number of aromatic nitrogens is 3. The number of carbonyl (C=O) groups excluding carboxylic acids is 2. The zero-order valence-electron chi connectivity index (χ0n) is 20.9. The van der Waals surface area contributed by atoms with Crippen molar-refractivity contribution >= 4 is 52.5 Å². The van der Waals surface area contributed by atoms with Crippen LogP contribution in [0, 0.1) is 0 Å². The Morgan fingerprint density at radius 3 is 2.72 bits per heavy atom. The quantitative estimate of drug-likeness (QED) is 0.214. The van der Waals surface area contributed by atoms with Crippen LogP contribution in [0.1, 0.15) is 42.4 Å². The fourth-order valence-electron chi connectivity index (χ4n) is 3.81. The van der Waals surface area contributed by atoms with Gasteiger partial charge in [-0.3, -0.25) is 19.5 Å². The largest absolute Gasteiger partial charge is 0.401 e. The number of nitrogen functional groups attached to an aromatic ring is 1. The Balaban J connectivity index is 1.86. The highest BCUT2D eigenvalue weighted by Crippen LogP contribution is 2.40. The summed E-state index contributed by atoms with van der Waals surface area (Å²) in [5.74, 6) is -0.362. The summed E-state index contributed by atoms with van der Waals surface area (Å²) < 4.78 is 0. The van der Waals surface area contributed by atoms with E-state index in [9.17, 15) is 9.59 Å². The predicted octanol–water partition coefficient (Wildman–Crippen LogP) is 1.93. The molecule has 1 aliphatic heterocycles. The Hall–Kier alpha value is -3.70. The molecule has 12 heteroatoms. The van der Waals surface area contributed by atoms with E-state index < -0.39 is 0 Å². The second-order valence-electron chi connectivity index (χ2n) is 8.23. The first kappa shape index (κ1) is 26.9. The maximum atomic E-state index is 13.4. The number of hydrogen-bond donors (Lipinski definition) is 4. The topological polar surface area (TPSA) is 159 Å². The molecule has 3 heterocycles. The van der Waals surface area contributed by atoms with Crippen molar-refractivity contribution in [1.82, 2.24) is 25.2 Å². The molecule has 0 unspecified atom stereocenters. The van der Waals surface area contributed by atoms with Crippen LogP contribution in [0.5, 0.6) is 0 Å². The Kier molecular flexibility index (Phi) is 8.83. The average Bonchev–Trinajstić information content (AvgIpc) is 3.41. The molecule has 0 spiro atoms. The van der Waals surface area contributed by atoms with Crippen molar-refractivity contribution in [3.8, 4) is 0 Å². The summed E-state index contributed by atoms with van der Waals surface area (Å²) in [5.41, 5.74) is 14.7. The normalized spacial score (nSPS) is 15.2. The van der Waals surface area contributed by atoms with Crippen molar-refractivity contribution < 1.29 is 9.59 Å². The lowest BCUT2D eigenvalue weighted by atomic mass is 10.1. The molecule has 3 rings (SSSR count). The maximum Gasteiger partial charge on any atom is 0.260 e. The summed E-state index contributed by atoms with van der Waals surface area (Å²) >= 11 is 6.38. The minimum atomic E-state index is -0.367. The summed E-state index contributed by atoms with van der Waals surface area (Å²) in [7, 11) is 1.65. The van der Waals surface area contributed by atoms with Crippen molar-refractivity contribution in [3.63, 3.8) is 0 Å². The van der Waals surface area contributed by atoms with E-state index in [4.69, 9.17) is 23.1 Å². The van der Waals surface area contributed by atoms with E-state index in [-0.39, 0.29) is 40.9 Å². The molecule has 0 fully saturated rings. The minimum Gasteiger partial charge on any atom is -0.401 e. The van der Waals surface area contributed by atoms with Gasteiger partial charge in [-0.2, -0.15) is 4.98 Å². The number of H-pyrrole nitrogens is 1. The summed E-state index contributed by atoms with van der Waals surface area (Å²) in [5, 5.41) is 2.96. The molecule has 2 amide bonds. The lowest BCUT2D eigenvalue weighted by Crippen LogP contribution is -2.34. The standard InChI is InChI=1S/C24H32ClN9O2/c1-5-33(6-2)8-7-29-22(35)15-10-17(30-12-15)11-18-19-20(25)31-24(27)32-21(19)34(23(18)36)13-16(26)9-14(3)28-4/h9-12,30H,5-8,13,26H2,1-4H3,(H,29,35)(H2,27,31,32)/b16-9?,18-11-,28-14?. The zero-order chi connectivity index (χ0) is 26.4. The number of nitrogens with one attached hydrogen (secondary N) is 2. The number of carbonyl (C=O) groups is 2. The van der Waals surface area contributed by atoms with E-state index in [1.807, 2.05) is 0 Å². The van der Waals surface area contributed by atoms with Gasteiger partial charge < -0.3 is 26.7 Å². The summed E-state index contributed by atoms with van der Waals surface area (Å²) in [6.07, 6.45) is 4.88. The summed E-state index contributed by atoms with van der Waals surface area (Å²) in [6.45, 7) is 9.18. The number of nitrogens with zero attached hydrogens (tertiary/aromatic N) is 5. The number of hydrogen-bond acceptors (Lipinski definition) is 8. The van der Waals surface area contributed by atoms with E-state index >= 15 is 0 Å². The first-order valence-electron chi connectivity index (χ1n) is 11.6. The van der Waals surface area contributed by atoms with E-state index in [0.29, 0.717) is 34.8 Å². The Labute approximate surface area is 215 Å². The molecule has 0 radical (unpaired) electrons. The van der Waals surface area contributed by atoms with Gasteiger partial charge in [0.15, 0.2) is 5.82 Å². The van der Waals surface area contributed by atoms with Crippen LogP contribution >= 0.6 is 11.6 Å². The number of nitrogens with two attached hydrogens (primary N) is 2. The Morgan fingerprint density at radius 2 is 2.06 bits per heavy atom. The number of aromatic amines is 1. The molecular formula is C24H32ClN9O2. The van der Waals surface area contributed by atoms with Crippen LogP contribution in [0.4, 0.5) is 11.8 Å². The third-order valence-corrected chi connectivity index (χ3v) is 6.10. The number of likely N-dealkylation sites (N-methyl/N-ethyl adjacent to an activating group) is 1. The fourth-order valence-corrected chi connectivity index (χ4v) is 4.08. The molecule has 11 nitrogen and oxygen atoms in total. The van der Waals surface area contributed by atoms with Gasteiger partial charge in [-0.1, -0.05) is 25.4 Å². The number of allylic oxidation sites excluding steroid dienone is 1. The predicted molar refractivity (Wildman–Crippen MR) is 144 cm³/mol. The van der Waals surface area contributed by atoms with Crippen LogP contribution < -0.4 is 21.7 Å². The molecule has 192 valence electrons. The van der Waals surface area contributed by atoms with Gasteiger partial charge >= 0.3 is 0 Å². The van der Waals surface area contributed by atoms with Gasteiger partial charge in [-0.05, 0) is 38.2 Å². The Bertz CT molecular complexity index is 1230. The highest BCUT2D eigenvalue weighted by Gasteiger charge is 2.37. The van der Waals surface area contributed by atoms with Gasteiger partial charge in [0.25, 0.3) is 11.8 Å². The van der Waals surface area contributed by atoms with Gasteiger partial charge in [0.05, 0.1) is 23.2 Å². The lowest BCUT2D eigenvalue weighted by molar-refractivity contribution is -0.112. The zero-order valence-corrected chi connectivity index (χ0v) is 21.7. The van der Waals surface area contributed by atoms with E-state index in [1.165, 1.54) is 4.90 Å². The molecule has 0 saturated carbocycles. The van der Waals surface area contributed by atoms with Crippen LogP contribution in [-0.2, 0) is 4.79 Å². The SMILES string of the molecule is CCN(CC)CCNC(=O)c1c[nH]c(/C=C2\C(=O)N(CC(N)=CC(C)=NC)c3nc(N)nc(Cl)c32)c1. The van der Waals surface area contributed by atoms with Crippen LogP contribution in [0.15, 0.2) is 29.0 Å². The Morgan fingerprint density at radius 1 is 1.33 bits per heavy atom. The lowest BCUT2D eigenvalue weighted by Gasteiger charge is -2.17. The smallest absolute Gasteiger partial charge is 0.260 e. The molecule has 6 N–H and O–H groups in total. The molecule has 2 aromatic heterocycles. The third-order valence-electron chi connectivity index (χ3n) is 5.83. The van der Waals surface area contributed by atoms with Crippen molar-refractivity contribution in [3.05, 3.63) is 46.0 Å². The van der Waals surface area contributed by atoms with Crippen LogP contribution in [-0.4, -0.2) is 77.1 Å². The second-order valence-corrected chi connectivity index (χ2v) is 8.59. The van der Waals surface area contributed by atoms with Crippen molar-refractivity contribution in [2.24, 2.45) is 10.7 Å². The molecule has 36 heavy (non-hydrogen) atoms. The van der Waals surface area contributed by atoms with Crippen molar-refractivity contribution in [1.29, 1.82) is 0 Å².